The first-order valence-electron chi connectivity index (χ1n) is 9.38. The number of aromatic hydroxyl groups is 2. The third kappa shape index (κ3) is 5.04. The van der Waals surface area contributed by atoms with Gasteiger partial charge in [0.1, 0.15) is 29.8 Å². The van der Waals surface area contributed by atoms with E-state index in [1.807, 2.05) is 17.5 Å². The van der Waals surface area contributed by atoms with Gasteiger partial charge in [0.25, 0.3) is 0 Å². The Bertz CT molecular complexity index is 1130. The van der Waals surface area contributed by atoms with Crippen LogP contribution in [0.1, 0.15) is 11.1 Å². The number of benzene rings is 2. The average molecular weight is 442 g/mol. The zero-order chi connectivity index (χ0) is 22.5. The normalized spacial score (nSPS) is 11.8. The molecule has 1 aromatic heterocycles. The molecule has 1 heterocycles. The molecule has 162 valence electrons. The zero-order valence-electron chi connectivity index (χ0n) is 16.8. The van der Waals surface area contributed by atoms with Crippen molar-refractivity contribution in [1.29, 1.82) is 0 Å². The van der Waals surface area contributed by atoms with Crippen molar-refractivity contribution < 1.29 is 34.4 Å². The molecule has 0 amide bonds. The summed E-state index contributed by atoms with van der Waals surface area (Å²) in [5.74, 6) is -1.59. The van der Waals surface area contributed by atoms with Crippen LogP contribution in [0.3, 0.4) is 0 Å². The van der Waals surface area contributed by atoms with Gasteiger partial charge in [-0.05, 0) is 46.7 Å². The highest BCUT2D eigenvalue weighted by molar-refractivity contribution is 7.17. The topological polar surface area (TPSA) is 113 Å². The lowest BCUT2D eigenvalue weighted by Crippen LogP contribution is -2.26. The van der Waals surface area contributed by atoms with Crippen LogP contribution in [-0.2, 0) is 27.4 Å². The maximum absolute atomic E-state index is 12.6. The number of rotatable bonds is 9. The molecule has 0 fully saturated rings. The van der Waals surface area contributed by atoms with Gasteiger partial charge in [0, 0.05) is 28.3 Å². The van der Waals surface area contributed by atoms with Crippen LogP contribution < -0.4 is 4.74 Å². The summed E-state index contributed by atoms with van der Waals surface area (Å²) < 4.78 is 11.3. The molecule has 0 spiro atoms. The van der Waals surface area contributed by atoms with Crippen LogP contribution in [0.5, 0.6) is 17.2 Å². The van der Waals surface area contributed by atoms with Crippen LogP contribution in [0, 0.1) is 5.92 Å². The fourth-order valence-corrected chi connectivity index (χ4v) is 4.07. The molecule has 0 radical (unpaired) electrons. The van der Waals surface area contributed by atoms with Crippen molar-refractivity contribution in [2.75, 3.05) is 13.7 Å². The summed E-state index contributed by atoms with van der Waals surface area (Å²) >= 11 is 1.45. The van der Waals surface area contributed by atoms with E-state index in [-0.39, 0.29) is 35.9 Å². The number of fused-ring (bicyclic) bond motifs is 1. The van der Waals surface area contributed by atoms with Crippen LogP contribution in [0.15, 0.2) is 53.9 Å². The van der Waals surface area contributed by atoms with Gasteiger partial charge in [0.2, 0.25) is 0 Å². The molecule has 0 aliphatic rings. The molecule has 0 saturated heterocycles. The quantitative estimate of drug-likeness (QED) is 0.344. The molecule has 3 aromatic rings. The fraction of sp³-hybridized carbons (Fsp3) is 0.217. The van der Waals surface area contributed by atoms with Gasteiger partial charge in [-0.1, -0.05) is 6.58 Å². The molecule has 1 unspecified atom stereocenters. The molecule has 31 heavy (non-hydrogen) atoms. The number of carbonyl (C=O) groups excluding carboxylic acids is 2. The number of phenols is 2. The van der Waals surface area contributed by atoms with Crippen LogP contribution in [0.2, 0.25) is 0 Å². The number of hydrogen-bond donors (Lipinski definition) is 3. The number of aliphatic hydroxyl groups is 1. The number of aliphatic hydroxyl groups excluding tert-OH is 1. The van der Waals surface area contributed by atoms with Crippen molar-refractivity contribution in [3.8, 4) is 17.2 Å². The lowest BCUT2D eigenvalue weighted by atomic mass is 9.94. The van der Waals surface area contributed by atoms with E-state index in [4.69, 9.17) is 4.74 Å². The van der Waals surface area contributed by atoms with Crippen molar-refractivity contribution in [1.82, 2.24) is 0 Å². The predicted octanol–water partition coefficient (Wildman–Crippen LogP) is 3.34. The van der Waals surface area contributed by atoms with Gasteiger partial charge in [-0.2, -0.15) is 0 Å². The van der Waals surface area contributed by atoms with E-state index in [9.17, 15) is 24.9 Å². The van der Waals surface area contributed by atoms with E-state index >= 15 is 0 Å². The van der Waals surface area contributed by atoms with Crippen molar-refractivity contribution >= 4 is 33.2 Å². The first kappa shape index (κ1) is 22.3. The highest BCUT2D eigenvalue weighted by atomic mass is 32.1. The Morgan fingerprint density at radius 1 is 1.13 bits per heavy atom. The number of thiophene rings is 1. The summed E-state index contributed by atoms with van der Waals surface area (Å²) in [5.41, 5.74) is 1.34. The second-order valence-electron chi connectivity index (χ2n) is 6.90. The van der Waals surface area contributed by atoms with Crippen molar-refractivity contribution in [3.63, 3.8) is 0 Å². The molecular weight excluding hydrogens is 420 g/mol. The molecular formula is C23H22O7S. The Kier molecular flexibility index (Phi) is 6.94. The van der Waals surface area contributed by atoms with Crippen molar-refractivity contribution in [2.24, 2.45) is 5.92 Å². The number of ketones is 1. The third-order valence-corrected chi connectivity index (χ3v) is 5.88. The number of ether oxygens (including phenoxy) is 2. The number of phenolic OH excluding ortho intramolecular Hbond substituents is 2. The van der Waals surface area contributed by atoms with E-state index < -0.39 is 18.5 Å². The monoisotopic (exact) mass is 442 g/mol. The highest BCUT2D eigenvalue weighted by Gasteiger charge is 2.26. The number of esters is 1. The summed E-state index contributed by atoms with van der Waals surface area (Å²) in [6.07, 6.45) is 0.0495. The molecule has 0 aliphatic heterocycles. The molecule has 3 rings (SSSR count). The molecule has 3 N–H and O–H groups in total. The van der Waals surface area contributed by atoms with E-state index in [1.54, 1.807) is 12.1 Å². The van der Waals surface area contributed by atoms with Gasteiger partial charge < -0.3 is 24.8 Å². The maximum atomic E-state index is 12.6. The number of carbonyl (C=O) groups is 2. The highest BCUT2D eigenvalue weighted by Crippen LogP contribution is 2.32. The Labute approximate surface area is 182 Å². The minimum Gasteiger partial charge on any atom is -0.508 e. The van der Waals surface area contributed by atoms with E-state index in [2.05, 4.69) is 11.3 Å². The third-order valence-electron chi connectivity index (χ3n) is 4.89. The van der Waals surface area contributed by atoms with Crippen LogP contribution in [0.25, 0.3) is 10.1 Å². The first-order chi connectivity index (χ1) is 14.8. The second kappa shape index (κ2) is 9.63. The molecule has 8 heteroatoms. The van der Waals surface area contributed by atoms with Crippen molar-refractivity contribution in [3.05, 3.63) is 65.1 Å². The number of methoxy groups -OCH3 is 1. The molecule has 7 nitrogen and oxygen atoms in total. The lowest BCUT2D eigenvalue weighted by molar-refractivity contribution is -0.146. The van der Waals surface area contributed by atoms with Gasteiger partial charge >= 0.3 is 5.97 Å². The molecule has 0 saturated carbocycles. The Morgan fingerprint density at radius 2 is 1.90 bits per heavy atom. The van der Waals surface area contributed by atoms with Gasteiger partial charge in [-0.15, -0.1) is 11.3 Å². The van der Waals surface area contributed by atoms with E-state index in [0.29, 0.717) is 11.3 Å². The number of Topliss-reactive ketones (excluding diaryl/α,β-unsaturated/α-hetero) is 1. The molecule has 1 atom stereocenters. The van der Waals surface area contributed by atoms with Gasteiger partial charge in [0.15, 0.2) is 5.78 Å². The Hall–Kier alpha value is -3.36. The first-order valence-corrected chi connectivity index (χ1v) is 10.3. The minimum atomic E-state index is -1.07. The van der Waals surface area contributed by atoms with Gasteiger partial charge in [0.05, 0.1) is 13.7 Å². The summed E-state index contributed by atoms with van der Waals surface area (Å²) in [6.45, 7) is 3.26. The predicted molar refractivity (Wildman–Crippen MR) is 116 cm³/mol. The van der Waals surface area contributed by atoms with Crippen LogP contribution in [-0.4, -0.2) is 40.8 Å². The SMILES string of the molecule is C=C(C(=O)Cc1csc2cc(OCc3ccc(O)cc3O)ccc12)C(CO)C(=O)OC. The zero-order valence-corrected chi connectivity index (χ0v) is 17.6. The smallest absolute Gasteiger partial charge is 0.315 e. The summed E-state index contributed by atoms with van der Waals surface area (Å²) in [4.78, 5) is 24.3. The van der Waals surface area contributed by atoms with Crippen LogP contribution in [0.4, 0.5) is 0 Å². The van der Waals surface area contributed by atoms with Crippen LogP contribution >= 0.6 is 11.3 Å². The largest absolute Gasteiger partial charge is 0.508 e. The van der Waals surface area contributed by atoms with E-state index in [1.165, 1.54) is 30.6 Å². The van der Waals surface area contributed by atoms with Gasteiger partial charge in [-0.25, -0.2) is 0 Å². The Balaban J connectivity index is 1.71. The molecule has 2 aromatic carbocycles. The summed E-state index contributed by atoms with van der Waals surface area (Å²) in [5, 5.41) is 31.3. The van der Waals surface area contributed by atoms with Gasteiger partial charge in [-0.3, -0.25) is 9.59 Å². The second-order valence-corrected chi connectivity index (χ2v) is 7.82. The van der Waals surface area contributed by atoms with Crippen molar-refractivity contribution in [2.45, 2.75) is 13.0 Å². The maximum Gasteiger partial charge on any atom is 0.315 e. The molecule has 0 bridgehead atoms. The number of hydrogen-bond acceptors (Lipinski definition) is 8. The standard InChI is InChI=1S/C23H22O7S/c1-13(19(10-24)23(28)29-2)20(26)7-15-12-31-22-9-17(5-6-18(15)22)30-11-14-3-4-16(25)8-21(14)27/h3-6,8-9,12,19,24-25,27H,1,7,10-11H2,2H3. The fourth-order valence-electron chi connectivity index (χ4n) is 3.08. The minimum absolute atomic E-state index is 0.0161. The average Bonchev–Trinajstić information content (AvgIpc) is 3.15. The summed E-state index contributed by atoms with van der Waals surface area (Å²) in [6, 6.07) is 9.75. The lowest BCUT2D eigenvalue weighted by Gasteiger charge is -2.13. The molecule has 0 aliphatic carbocycles. The van der Waals surface area contributed by atoms with E-state index in [0.717, 1.165) is 15.6 Å². The Morgan fingerprint density at radius 3 is 2.58 bits per heavy atom. The summed E-state index contributed by atoms with van der Waals surface area (Å²) in [7, 11) is 1.19.